The lowest BCUT2D eigenvalue weighted by Gasteiger charge is -2.37. The third kappa shape index (κ3) is 1.39. The molecular formula is C13H14ClNO. The topological polar surface area (TPSA) is 44.0 Å². The molecule has 0 aliphatic heterocycles. The number of halogens is 1. The summed E-state index contributed by atoms with van der Waals surface area (Å²) in [5.41, 5.74) is 1.81. The van der Waals surface area contributed by atoms with Crippen LogP contribution in [0, 0.1) is 25.2 Å². The first kappa shape index (κ1) is 11.3. The fourth-order valence-corrected chi connectivity index (χ4v) is 2.65. The van der Waals surface area contributed by atoms with Crippen LogP contribution in [0.4, 0.5) is 0 Å². The van der Waals surface area contributed by atoms with E-state index in [1.54, 1.807) is 6.07 Å². The minimum Gasteiger partial charge on any atom is -0.507 e. The van der Waals surface area contributed by atoms with Gasteiger partial charge in [0.25, 0.3) is 0 Å². The summed E-state index contributed by atoms with van der Waals surface area (Å²) in [5, 5.41) is 20.1. The highest BCUT2D eigenvalue weighted by Crippen LogP contribution is 2.49. The van der Waals surface area contributed by atoms with Gasteiger partial charge in [-0.05, 0) is 50.3 Å². The second-order valence-corrected chi connectivity index (χ2v) is 4.98. The van der Waals surface area contributed by atoms with Crippen molar-refractivity contribution in [2.75, 3.05) is 0 Å². The van der Waals surface area contributed by atoms with E-state index in [-0.39, 0.29) is 5.75 Å². The molecule has 1 aliphatic carbocycles. The fourth-order valence-electron chi connectivity index (χ4n) is 2.39. The molecule has 0 radical (unpaired) electrons. The molecule has 84 valence electrons. The molecule has 0 unspecified atom stereocenters. The first-order valence-electron chi connectivity index (χ1n) is 5.42. The summed E-state index contributed by atoms with van der Waals surface area (Å²) < 4.78 is 0. The number of benzene rings is 1. The number of phenols is 1. The van der Waals surface area contributed by atoms with Crippen LogP contribution in [-0.4, -0.2) is 5.11 Å². The van der Waals surface area contributed by atoms with Gasteiger partial charge in [-0.1, -0.05) is 11.6 Å². The Hall–Kier alpha value is -1.20. The molecule has 1 fully saturated rings. The lowest BCUT2D eigenvalue weighted by Crippen LogP contribution is -2.33. The number of phenolic OH excluding ortho intramolecular Hbond substituents is 1. The van der Waals surface area contributed by atoms with Gasteiger partial charge in [-0.25, -0.2) is 0 Å². The van der Waals surface area contributed by atoms with Crippen molar-refractivity contribution in [1.29, 1.82) is 5.26 Å². The second-order valence-electron chi connectivity index (χ2n) is 4.57. The lowest BCUT2D eigenvalue weighted by atomic mass is 9.64. The Morgan fingerprint density at radius 1 is 1.44 bits per heavy atom. The first-order valence-corrected chi connectivity index (χ1v) is 5.80. The molecule has 1 N–H and O–H groups in total. The zero-order valence-electron chi connectivity index (χ0n) is 9.47. The molecule has 1 aromatic carbocycles. The summed E-state index contributed by atoms with van der Waals surface area (Å²) in [7, 11) is 0. The van der Waals surface area contributed by atoms with Crippen LogP contribution in [-0.2, 0) is 5.41 Å². The molecule has 0 bridgehead atoms. The summed E-state index contributed by atoms with van der Waals surface area (Å²) in [4.78, 5) is 0. The zero-order chi connectivity index (χ0) is 11.9. The van der Waals surface area contributed by atoms with Gasteiger partial charge >= 0.3 is 0 Å². The van der Waals surface area contributed by atoms with E-state index in [1.807, 2.05) is 13.8 Å². The van der Waals surface area contributed by atoms with E-state index in [2.05, 4.69) is 6.07 Å². The SMILES string of the molecule is Cc1cc(Cl)c(C)c(C2(C#N)CCC2)c1O. The lowest BCUT2D eigenvalue weighted by molar-refractivity contribution is 0.309. The third-order valence-electron chi connectivity index (χ3n) is 3.59. The van der Waals surface area contributed by atoms with E-state index < -0.39 is 5.41 Å². The van der Waals surface area contributed by atoms with Crippen LogP contribution in [0.3, 0.4) is 0 Å². The molecule has 1 aromatic rings. The third-order valence-corrected chi connectivity index (χ3v) is 3.98. The Kier molecular flexibility index (Phi) is 2.59. The monoisotopic (exact) mass is 235 g/mol. The van der Waals surface area contributed by atoms with Gasteiger partial charge in [0.05, 0.1) is 11.5 Å². The largest absolute Gasteiger partial charge is 0.507 e. The number of nitriles is 1. The summed E-state index contributed by atoms with van der Waals surface area (Å²) in [6.07, 6.45) is 2.67. The van der Waals surface area contributed by atoms with E-state index in [0.717, 1.165) is 36.0 Å². The standard InChI is InChI=1S/C13H14ClNO/c1-8-6-10(14)9(2)11(12(8)16)13(7-15)4-3-5-13/h6,16H,3-5H2,1-2H3. The van der Waals surface area contributed by atoms with Gasteiger partial charge in [-0.15, -0.1) is 0 Å². The molecular weight excluding hydrogens is 222 g/mol. The number of nitrogens with zero attached hydrogens (tertiary/aromatic N) is 1. The Balaban J connectivity index is 2.69. The number of hydrogen-bond donors (Lipinski definition) is 1. The zero-order valence-corrected chi connectivity index (χ0v) is 10.2. The van der Waals surface area contributed by atoms with Gasteiger partial charge in [0.2, 0.25) is 0 Å². The van der Waals surface area contributed by atoms with Crippen LogP contribution in [0.1, 0.15) is 36.0 Å². The summed E-state index contributed by atoms with van der Waals surface area (Å²) in [6, 6.07) is 4.10. The maximum absolute atomic E-state index is 10.1. The Morgan fingerprint density at radius 2 is 2.06 bits per heavy atom. The highest BCUT2D eigenvalue weighted by Gasteiger charge is 2.42. The quantitative estimate of drug-likeness (QED) is 0.808. The van der Waals surface area contributed by atoms with Gasteiger partial charge in [-0.2, -0.15) is 5.26 Å². The van der Waals surface area contributed by atoms with Crippen molar-refractivity contribution >= 4 is 11.6 Å². The maximum atomic E-state index is 10.1. The normalized spacial score (nSPS) is 17.6. The Labute approximate surface area is 100 Å². The summed E-state index contributed by atoms with van der Waals surface area (Å²) >= 11 is 6.11. The molecule has 2 rings (SSSR count). The van der Waals surface area contributed by atoms with Gasteiger partial charge in [0, 0.05) is 10.6 Å². The van der Waals surface area contributed by atoms with E-state index >= 15 is 0 Å². The Bertz CT molecular complexity index is 457. The molecule has 1 saturated carbocycles. The smallest absolute Gasteiger partial charge is 0.123 e. The van der Waals surface area contributed by atoms with Crippen LogP contribution in [0.15, 0.2) is 6.07 Å². The van der Waals surface area contributed by atoms with Gasteiger partial charge in [0.15, 0.2) is 0 Å². The molecule has 1 aliphatic rings. The fraction of sp³-hybridized carbons (Fsp3) is 0.462. The number of rotatable bonds is 1. The van der Waals surface area contributed by atoms with Crippen LogP contribution < -0.4 is 0 Å². The minimum atomic E-state index is -0.510. The average Bonchev–Trinajstić information content (AvgIpc) is 2.19. The van der Waals surface area contributed by atoms with Crippen LogP contribution >= 0.6 is 11.6 Å². The van der Waals surface area contributed by atoms with E-state index in [4.69, 9.17) is 11.6 Å². The summed E-state index contributed by atoms with van der Waals surface area (Å²) in [5.74, 6) is 0.239. The van der Waals surface area contributed by atoms with Crippen molar-refractivity contribution < 1.29 is 5.11 Å². The molecule has 16 heavy (non-hydrogen) atoms. The van der Waals surface area contributed by atoms with Crippen molar-refractivity contribution in [3.05, 3.63) is 27.8 Å². The maximum Gasteiger partial charge on any atom is 0.123 e. The van der Waals surface area contributed by atoms with Crippen molar-refractivity contribution in [1.82, 2.24) is 0 Å². The van der Waals surface area contributed by atoms with Gasteiger partial charge in [0.1, 0.15) is 5.75 Å². The molecule has 0 spiro atoms. The molecule has 0 saturated heterocycles. The molecule has 0 heterocycles. The predicted octanol–water partition coefficient (Wildman–Crippen LogP) is 3.61. The van der Waals surface area contributed by atoms with Gasteiger partial charge < -0.3 is 5.11 Å². The van der Waals surface area contributed by atoms with E-state index in [1.165, 1.54) is 0 Å². The number of hydrogen-bond acceptors (Lipinski definition) is 2. The molecule has 3 heteroatoms. The minimum absolute atomic E-state index is 0.239. The van der Waals surface area contributed by atoms with Gasteiger partial charge in [-0.3, -0.25) is 0 Å². The predicted molar refractivity (Wildman–Crippen MR) is 63.7 cm³/mol. The molecule has 0 amide bonds. The highest BCUT2D eigenvalue weighted by atomic mass is 35.5. The number of aryl methyl sites for hydroxylation is 1. The highest BCUT2D eigenvalue weighted by molar-refractivity contribution is 6.31. The number of aromatic hydroxyl groups is 1. The molecule has 0 atom stereocenters. The average molecular weight is 236 g/mol. The molecule has 0 aromatic heterocycles. The van der Waals surface area contributed by atoms with Crippen LogP contribution in [0.5, 0.6) is 5.75 Å². The van der Waals surface area contributed by atoms with Crippen LogP contribution in [0.25, 0.3) is 0 Å². The van der Waals surface area contributed by atoms with Crippen molar-refractivity contribution in [3.8, 4) is 11.8 Å². The van der Waals surface area contributed by atoms with E-state index in [0.29, 0.717) is 5.02 Å². The van der Waals surface area contributed by atoms with E-state index in [9.17, 15) is 10.4 Å². The molecule has 2 nitrogen and oxygen atoms in total. The van der Waals surface area contributed by atoms with Crippen molar-refractivity contribution in [2.24, 2.45) is 0 Å². The second kappa shape index (κ2) is 3.68. The van der Waals surface area contributed by atoms with Crippen molar-refractivity contribution in [3.63, 3.8) is 0 Å². The Morgan fingerprint density at radius 3 is 2.50 bits per heavy atom. The summed E-state index contributed by atoms with van der Waals surface area (Å²) in [6.45, 7) is 3.68. The van der Waals surface area contributed by atoms with Crippen molar-refractivity contribution in [2.45, 2.75) is 38.5 Å². The van der Waals surface area contributed by atoms with Crippen LogP contribution in [0.2, 0.25) is 5.02 Å². The first-order chi connectivity index (χ1) is 7.52.